The quantitative estimate of drug-likeness (QED) is 0.848. The van der Waals surface area contributed by atoms with E-state index in [9.17, 15) is 18.0 Å². The molecule has 1 aromatic rings. The van der Waals surface area contributed by atoms with E-state index in [2.05, 4.69) is 0 Å². The van der Waals surface area contributed by atoms with Gasteiger partial charge >= 0.3 is 12.1 Å². The van der Waals surface area contributed by atoms with Crippen molar-refractivity contribution in [2.24, 2.45) is 5.92 Å². The Balaban J connectivity index is 2.22. The summed E-state index contributed by atoms with van der Waals surface area (Å²) in [5, 5.41) is 8.69. The lowest BCUT2D eigenvalue weighted by Crippen LogP contribution is -2.05. The molecule has 5 heteroatoms. The summed E-state index contributed by atoms with van der Waals surface area (Å²) in [6.07, 6.45) is -3.94. The van der Waals surface area contributed by atoms with Crippen LogP contribution in [0.3, 0.4) is 0 Å². The van der Waals surface area contributed by atoms with Crippen molar-refractivity contribution in [3.05, 3.63) is 35.4 Å². The minimum absolute atomic E-state index is 0.264. The Morgan fingerprint density at radius 3 is 2.56 bits per heavy atom. The zero-order valence-electron chi connectivity index (χ0n) is 8.16. The monoisotopic (exact) mass is 230 g/mol. The molecule has 0 heterocycles. The highest BCUT2D eigenvalue weighted by atomic mass is 19.4. The standard InChI is InChI=1S/C11H9F3O2/c12-11(13,14)7-3-1-2-6(4-7)8-5-9(8)10(15)16/h1-4,8-9H,5H2,(H,15,16)/t8-,9+/m0/s1. The van der Waals surface area contributed by atoms with E-state index in [1.54, 1.807) is 6.07 Å². The molecule has 1 fully saturated rings. The fourth-order valence-corrected chi connectivity index (χ4v) is 1.78. The first-order chi connectivity index (χ1) is 7.39. The Bertz CT molecular complexity index is 425. The van der Waals surface area contributed by atoms with Crippen LogP contribution < -0.4 is 0 Å². The number of aliphatic carboxylic acids is 1. The van der Waals surface area contributed by atoms with Gasteiger partial charge in [-0.2, -0.15) is 13.2 Å². The highest BCUT2D eigenvalue weighted by Gasteiger charge is 2.44. The summed E-state index contributed by atoms with van der Waals surface area (Å²) in [5.74, 6) is -1.73. The number of carboxylic acids is 1. The first-order valence-electron chi connectivity index (χ1n) is 4.79. The molecule has 2 nitrogen and oxygen atoms in total. The summed E-state index contributed by atoms with van der Waals surface area (Å²) in [4.78, 5) is 10.6. The van der Waals surface area contributed by atoms with Gasteiger partial charge in [-0.1, -0.05) is 18.2 Å². The number of hydrogen-bond acceptors (Lipinski definition) is 1. The molecular formula is C11H9F3O2. The van der Waals surface area contributed by atoms with Crippen LogP contribution in [0.4, 0.5) is 13.2 Å². The van der Waals surface area contributed by atoms with Crippen molar-refractivity contribution in [1.29, 1.82) is 0 Å². The van der Waals surface area contributed by atoms with E-state index < -0.39 is 23.6 Å². The third kappa shape index (κ3) is 2.03. The van der Waals surface area contributed by atoms with Crippen molar-refractivity contribution in [2.45, 2.75) is 18.5 Å². The largest absolute Gasteiger partial charge is 0.481 e. The smallest absolute Gasteiger partial charge is 0.416 e. The van der Waals surface area contributed by atoms with Crippen LogP contribution in [0.2, 0.25) is 0 Å². The molecule has 2 atom stereocenters. The van der Waals surface area contributed by atoms with Crippen LogP contribution in [0.5, 0.6) is 0 Å². The molecule has 0 saturated heterocycles. The van der Waals surface area contributed by atoms with Gasteiger partial charge in [0.15, 0.2) is 0 Å². The van der Waals surface area contributed by atoms with E-state index in [1.807, 2.05) is 0 Å². The molecule has 2 rings (SSSR count). The molecule has 0 spiro atoms. The molecule has 0 amide bonds. The van der Waals surface area contributed by atoms with Gasteiger partial charge < -0.3 is 5.11 Å². The molecule has 0 aliphatic heterocycles. The molecule has 1 saturated carbocycles. The molecular weight excluding hydrogens is 221 g/mol. The van der Waals surface area contributed by atoms with Gasteiger partial charge in [-0.3, -0.25) is 4.79 Å². The molecule has 1 aliphatic carbocycles. The van der Waals surface area contributed by atoms with Crippen LogP contribution in [-0.2, 0) is 11.0 Å². The summed E-state index contributed by atoms with van der Waals surface area (Å²) >= 11 is 0. The Labute approximate surface area is 89.7 Å². The van der Waals surface area contributed by atoms with Gasteiger partial charge in [-0.25, -0.2) is 0 Å². The van der Waals surface area contributed by atoms with Gasteiger partial charge in [-0.15, -0.1) is 0 Å². The molecule has 0 radical (unpaired) electrons. The molecule has 16 heavy (non-hydrogen) atoms. The Morgan fingerprint density at radius 2 is 2.06 bits per heavy atom. The fraction of sp³-hybridized carbons (Fsp3) is 0.364. The second-order valence-electron chi connectivity index (χ2n) is 3.91. The summed E-state index contributed by atoms with van der Waals surface area (Å²) in [7, 11) is 0. The highest BCUT2D eigenvalue weighted by Crippen LogP contribution is 2.48. The maximum Gasteiger partial charge on any atom is 0.416 e. The lowest BCUT2D eigenvalue weighted by atomic mass is 10.1. The summed E-state index contributed by atoms with van der Waals surface area (Å²) in [6, 6.07) is 4.88. The van der Waals surface area contributed by atoms with Gasteiger partial charge in [0.2, 0.25) is 0 Å². The molecule has 0 bridgehead atoms. The maximum atomic E-state index is 12.4. The zero-order valence-corrected chi connectivity index (χ0v) is 8.16. The number of rotatable bonds is 2. The topological polar surface area (TPSA) is 37.3 Å². The third-order valence-corrected chi connectivity index (χ3v) is 2.75. The van der Waals surface area contributed by atoms with Crippen molar-refractivity contribution in [3.8, 4) is 0 Å². The van der Waals surface area contributed by atoms with Gasteiger partial charge in [0.25, 0.3) is 0 Å². The molecule has 1 aliphatic rings. The predicted molar refractivity (Wildman–Crippen MR) is 49.9 cm³/mol. The van der Waals surface area contributed by atoms with Crippen LogP contribution in [0.15, 0.2) is 24.3 Å². The minimum atomic E-state index is -4.37. The van der Waals surface area contributed by atoms with Gasteiger partial charge in [0, 0.05) is 0 Å². The highest BCUT2D eigenvalue weighted by molar-refractivity contribution is 5.75. The Hall–Kier alpha value is -1.52. The average molecular weight is 230 g/mol. The molecule has 1 N–H and O–H groups in total. The van der Waals surface area contributed by atoms with Crippen LogP contribution >= 0.6 is 0 Å². The Kier molecular flexibility index (Phi) is 2.40. The normalized spacial score (nSPS) is 24.2. The SMILES string of the molecule is O=C(O)[C@@H]1C[C@H]1c1cccc(C(F)(F)F)c1. The van der Waals surface area contributed by atoms with Crippen molar-refractivity contribution in [3.63, 3.8) is 0 Å². The van der Waals surface area contributed by atoms with Gasteiger partial charge in [0.1, 0.15) is 0 Å². The first kappa shape index (κ1) is 11.0. The number of carboxylic acid groups (broad SMARTS) is 1. The van der Waals surface area contributed by atoms with Crippen LogP contribution in [-0.4, -0.2) is 11.1 Å². The lowest BCUT2D eigenvalue weighted by molar-refractivity contribution is -0.138. The van der Waals surface area contributed by atoms with E-state index in [1.165, 1.54) is 6.07 Å². The lowest BCUT2D eigenvalue weighted by Gasteiger charge is -2.08. The molecule has 86 valence electrons. The third-order valence-electron chi connectivity index (χ3n) is 2.75. The fourth-order valence-electron chi connectivity index (χ4n) is 1.78. The summed E-state index contributed by atoms with van der Waals surface area (Å²) < 4.78 is 37.2. The summed E-state index contributed by atoms with van der Waals surface area (Å²) in [5.41, 5.74) is -0.261. The number of halogens is 3. The molecule has 0 unspecified atom stereocenters. The van der Waals surface area contributed by atoms with E-state index in [0.717, 1.165) is 12.1 Å². The van der Waals surface area contributed by atoms with Crippen LogP contribution in [0.25, 0.3) is 0 Å². The Morgan fingerprint density at radius 1 is 1.38 bits per heavy atom. The van der Waals surface area contributed by atoms with Crippen LogP contribution in [0.1, 0.15) is 23.5 Å². The summed E-state index contributed by atoms with van der Waals surface area (Å²) in [6.45, 7) is 0. The van der Waals surface area contributed by atoms with Crippen molar-refractivity contribution < 1.29 is 23.1 Å². The van der Waals surface area contributed by atoms with Crippen LogP contribution in [0, 0.1) is 5.92 Å². The van der Waals surface area contributed by atoms with Crippen molar-refractivity contribution in [1.82, 2.24) is 0 Å². The van der Waals surface area contributed by atoms with Gasteiger partial charge in [0.05, 0.1) is 11.5 Å². The zero-order chi connectivity index (χ0) is 11.9. The second-order valence-corrected chi connectivity index (χ2v) is 3.91. The van der Waals surface area contributed by atoms with E-state index in [4.69, 9.17) is 5.11 Å². The predicted octanol–water partition coefficient (Wildman–Crippen LogP) is 2.89. The van der Waals surface area contributed by atoms with Crippen molar-refractivity contribution in [2.75, 3.05) is 0 Å². The average Bonchev–Trinajstić information content (AvgIpc) is 2.96. The van der Waals surface area contributed by atoms with Gasteiger partial charge in [-0.05, 0) is 24.0 Å². The first-order valence-corrected chi connectivity index (χ1v) is 4.79. The second kappa shape index (κ2) is 3.50. The molecule has 1 aromatic carbocycles. The van der Waals surface area contributed by atoms with Crippen molar-refractivity contribution >= 4 is 5.97 Å². The van der Waals surface area contributed by atoms with E-state index >= 15 is 0 Å². The number of alkyl halides is 3. The number of carbonyl (C=O) groups is 1. The van der Waals surface area contributed by atoms with E-state index in [0.29, 0.717) is 12.0 Å². The number of hydrogen-bond donors (Lipinski definition) is 1. The molecule has 0 aromatic heterocycles. The minimum Gasteiger partial charge on any atom is -0.481 e. The van der Waals surface area contributed by atoms with E-state index in [-0.39, 0.29) is 5.92 Å². The number of benzene rings is 1. The maximum absolute atomic E-state index is 12.4.